The number of carbonyl (C=O) groups is 1. The number of rotatable bonds is 5. The van der Waals surface area contributed by atoms with Gasteiger partial charge in [-0.2, -0.15) is 0 Å². The van der Waals surface area contributed by atoms with Crippen molar-refractivity contribution in [2.45, 2.75) is 32.7 Å². The lowest BCUT2D eigenvalue weighted by atomic mass is 10.1. The van der Waals surface area contributed by atoms with Gasteiger partial charge in [-0.25, -0.2) is 32.1 Å². The minimum absolute atomic E-state index is 0.00310. The molecule has 1 aliphatic rings. The minimum Gasteiger partial charge on any atom is -0.351 e. The molecule has 0 aliphatic carbocycles. The van der Waals surface area contributed by atoms with Crippen LogP contribution in [0.4, 0.5) is 10.3 Å². The molecule has 1 aliphatic heterocycles. The minimum atomic E-state index is -3.19. The average Bonchev–Trinajstić information content (AvgIpc) is 2.98. The molecule has 2 aromatic rings. The summed E-state index contributed by atoms with van der Waals surface area (Å²) in [6.07, 6.45) is 3.50. The van der Waals surface area contributed by atoms with Gasteiger partial charge in [-0.3, -0.25) is 4.79 Å². The van der Waals surface area contributed by atoms with Crippen LogP contribution < -0.4 is 5.32 Å². The standard InChI is InChI=1S/C16H20FN5O3S2/c1-9-14(26-15(19-9)10(2)23)13-12(17)8-18-16(21-13)20-11-4-6-22(7-5-11)27(3,24)25/h8,11H,4-7H2,1-3H3,(H,18,20,21). The summed E-state index contributed by atoms with van der Waals surface area (Å²) in [7, 11) is -3.19. The third-order valence-corrected chi connectivity index (χ3v) is 6.88. The van der Waals surface area contributed by atoms with Gasteiger partial charge in [0.15, 0.2) is 16.6 Å². The third-order valence-electron chi connectivity index (χ3n) is 4.31. The smallest absolute Gasteiger partial charge is 0.223 e. The molecule has 2 aromatic heterocycles. The summed E-state index contributed by atoms with van der Waals surface area (Å²) in [5.41, 5.74) is 0.638. The molecule has 0 spiro atoms. The summed E-state index contributed by atoms with van der Waals surface area (Å²) in [4.78, 5) is 24.4. The highest BCUT2D eigenvalue weighted by atomic mass is 32.2. The van der Waals surface area contributed by atoms with Crippen LogP contribution >= 0.6 is 11.3 Å². The zero-order valence-corrected chi connectivity index (χ0v) is 16.8. The molecule has 1 N–H and O–H groups in total. The van der Waals surface area contributed by atoms with Gasteiger partial charge in [0, 0.05) is 26.1 Å². The Morgan fingerprint density at radius 3 is 2.56 bits per heavy atom. The van der Waals surface area contributed by atoms with Gasteiger partial charge in [0.2, 0.25) is 16.0 Å². The maximum Gasteiger partial charge on any atom is 0.223 e. The van der Waals surface area contributed by atoms with Crippen LogP contribution in [0, 0.1) is 12.7 Å². The van der Waals surface area contributed by atoms with Gasteiger partial charge in [-0.05, 0) is 19.8 Å². The second-order valence-corrected chi connectivity index (χ2v) is 9.44. The molecule has 0 atom stereocenters. The summed E-state index contributed by atoms with van der Waals surface area (Å²) < 4.78 is 38.9. The van der Waals surface area contributed by atoms with Crippen molar-refractivity contribution < 1.29 is 17.6 Å². The third kappa shape index (κ3) is 4.47. The Morgan fingerprint density at radius 2 is 2.00 bits per heavy atom. The van der Waals surface area contributed by atoms with E-state index in [1.165, 1.54) is 17.5 Å². The van der Waals surface area contributed by atoms with E-state index in [1.54, 1.807) is 6.92 Å². The van der Waals surface area contributed by atoms with Crippen LogP contribution in [-0.2, 0) is 10.0 Å². The van der Waals surface area contributed by atoms with Crippen LogP contribution in [0.1, 0.15) is 35.3 Å². The summed E-state index contributed by atoms with van der Waals surface area (Å²) >= 11 is 1.10. The van der Waals surface area contributed by atoms with E-state index in [4.69, 9.17) is 0 Å². The SMILES string of the molecule is CC(=O)c1nc(C)c(-c2nc(NC3CCN(S(C)(=O)=O)CC3)ncc2F)s1. The van der Waals surface area contributed by atoms with Crippen molar-refractivity contribution >= 4 is 33.1 Å². The molecule has 0 bridgehead atoms. The molecule has 11 heteroatoms. The van der Waals surface area contributed by atoms with Gasteiger partial charge < -0.3 is 5.32 Å². The molecular formula is C16H20FN5O3S2. The number of halogens is 1. The average molecular weight is 414 g/mol. The normalized spacial score (nSPS) is 16.4. The van der Waals surface area contributed by atoms with Crippen molar-refractivity contribution in [3.63, 3.8) is 0 Å². The Morgan fingerprint density at radius 1 is 1.33 bits per heavy atom. The highest BCUT2D eigenvalue weighted by Gasteiger charge is 2.26. The molecule has 146 valence electrons. The fourth-order valence-electron chi connectivity index (χ4n) is 2.88. The van der Waals surface area contributed by atoms with E-state index in [0.29, 0.717) is 41.5 Å². The van der Waals surface area contributed by atoms with Gasteiger partial charge in [0.05, 0.1) is 23.0 Å². The number of Topliss-reactive ketones (excluding diaryl/α,β-unsaturated/α-hetero) is 1. The maximum atomic E-state index is 14.3. The first kappa shape index (κ1) is 19.8. The Bertz CT molecular complexity index is 968. The number of sulfonamides is 1. The number of piperidine rings is 1. The number of nitrogens with zero attached hydrogens (tertiary/aromatic N) is 4. The van der Waals surface area contributed by atoms with Crippen molar-refractivity contribution in [3.8, 4) is 10.6 Å². The molecule has 0 radical (unpaired) electrons. The molecule has 0 aromatic carbocycles. The fourth-order valence-corrected chi connectivity index (χ4v) is 4.70. The number of aromatic nitrogens is 3. The predicted molar refractivity (Wildman–Crippen MR) is 101 cm³/mol. The summed E-state index contributed by atoms with van der Waals surface area (Å²) in [6, 6.07) is -0.00310. The molecule has 0 unspecified atom stereocenters. The molecule has 1 saturated heterocycles. The van der Waals surface area contributed by atoms with E-state index in [1.807, 2.05) is 0 Å². The zero-order valence-electron chi connectivity index (χ0n) is 15.2. The van der Waals surface area contributed by atoms with E-state index >= 15 is 0 Å². The van der Waals surface area contributed by atoms with E-state index in [0.717, 1.165) is 17.5 Å². The lowest BCUT2D eigenvalue weighted by molar-refractivity contribution is 0.101. The molecule has 1 fully saturated rings. The first-order valence-corrected chi connectivity index (χ1v) is 11.0. The second kappa shape index (κ2) is 7.56. The Balaban J connectivity index is 1.78. The van der Waals surface area contributed by atoms with Gasteiger partial charge in [0.1, 0.15) is 5.69 Å². The van der Waals surface area contributed by atoms with Crippen LogP contribution in [0.15, 0.2) is 6.20 Å². The lowest BCUT2D eigenvalue weighted by Crippen LogP contribution is -2.42. The van der Waals surface area contributed by atoms with Gasteiger partial charge in [-0.1, -0.05) is 0 Å². The fraction of sp³-hybridized carbons (Fsp3) is 0.500. The highest BCUT2D eigenvalue weighted by molar-refractivity contribution is 7.88. The Labute approximate surface area is 160 Å². The van der Waals surface area contributed by atoms with Crippen molar-refractivity contribution in [3.05, 3.63) is 22.7 Å². The number of nitrogens with one attached hydrogen (secondary N) is 1. The largest absolute Gasteiger partial charge is 0.351 e. The van der Waals surface area contributed by atoms with Gasteiger partial charge in [-0.15, -0.1) is 11.3 Å². The van der Waals surface area contributed by atoms with E-state index in [9.17, 15) is 17.6 Å². The quantitative estimate of drug-likeness (QED) is 0.748. The highest BCUT2D eigenvalue weighted by Crippen LogP contribution is 2.31. The first-order chi connectivity index (χ1) is 12.6. The van der Waals surface area contributed by atoms with E-state index < -0.39 is 15.8 Å². The maximum absolute atomic E-state index is 14.3. The van der Waals surface area contributed by atoms with Crippen molar-refractivity contribution in [2.75, 3.05) is 24.7 Å². The number of ketones is 1. The monoisotopic (exact) mass is 413 g/mol. The van der Waals surface area contributed by atoms with E-state index in [-0.39, 0.29) is 23.5 Å². The Hall–Kier alpha value is -1.98. The number of carbonyl (C=O) groups excluding carboxylic acids is 1. The lowest BCUT2D eigenvalue weighted by Gasteiger charge is -2.30. The number of aryl methyl sites for hydroxylation is 1. The molecule has 3 rings (SSSR count). The van der Waals surface area contributed by atoms with Crippen LogP contribution in [0.5, 0.6) is 0 Å². The van der Waals surface area contributed by atoms with Crippen molar-refractivity contribution in [2.24, 2.45) is 0 Å². The van der Waals surface area contributed by atoms with Crippen LogP contribution in [0.3, 0.4) is 0 Å². The summed E-state index contributed by atoms with van der Waals surface area (Å²) in [5.74, 6) is -0.504. The summed E-state index contributed by atoms with van der Waals surface area (Å²) in [6.45, 7) is 3.95. The summed E-state index contributed by atoms with van der Waals surface area (Å²) in [5, 5.41) is 3.45. The van der Waals surface area contributed by atoms with E-state index in [2.05, 4.69) is 20.3 Å². The number of hydrogen-bond donors (Lipinski definition) is 1. The first-order valence-electron chi connectivity index (χ1n) is 8.38. The van der Waals surface area contributed by atoms with Crippen molar-refractivity contribution in [1.82, 2.24) is 19.3 Å². The topological polar surface area (TPSA) is 105 Å². The van der Waals surface area contributed by atoms with Crippen LogP contribution in [0.25, 0.3) is 10.6 Å². The molecule has 8 nitrogen and oxygen atoms in total. The zero-order chi connectivity index (χ0) is 19.8. The van der Waals surface area contributed by atoms with Crippen molar-refractivity contribution in [1.29, 1.82) is 0 Å². The predicted octanol–water partition coefficient (Wildman–Crippen LogP) is 2.09. The molecule has 3 heterocycles. The van der Waals surface area contributed by atoms with Crippen LogP contribution in [0.2, 0.25) is 0 Å². The van der Waals surface area contributed by atoms with Crippen LogP contribution in [-0.4, -0.2) is 58.8 Å². The number of thiazole rings is 1. The molecule has 27 heavy (non-hydrogen) atoms. The Kier molecular flexibility index (Phi) is 5.54. The molecule has 0 saturated carbocycles. The van der Waals surface area contributed by atoms with Gasteiger partial charge >= 0.3 is 0 Å². The molecule has 0 amide bonds. The second-order valence-electron chi connectivity index (χ2n) is 6.46. The molecular weight excluding hydrogens is 393 g/mol. The number of hydrogen-bond acceptors (Lipinski definition) is 8. The van der Waals surface area contributed by atoms with Gasteiger partial charge in [0.25, 0.3) is 0 Å². The number of anilines is 1.